The number of carbonyl (C=O) groups excluding carboxylic acids is 1. The van der Waals surface area contributed by atoms with E-state index in [1.807, 2.05) is 24.3 Å². The van der Waals surface area contributed by atoms with Gasteiger partial charge in [0.25, 0.3) is 0 Å². The molecule has 0 spiro atoms. The van der Waals surface area contributed by atoms with Gasteiger partial charge in [0.1, 0.15) is 17.4 Å². The Bertz CT molecular complexity index is 778. The van der Waals surface area contributed by atoms with Gasteiger partial charge in [0, 0.05) is 4.90 Å². The summed E-state index contributed by atoms with van der Waals surface area (Å²) in [6, 6.07) is 9.92. The quantitative estimate of drug-likeness (QED) is 0.438. The highest BCUT2D eigenvalue weighted by Gasteiger charge is 2.37. The van der Waals surface area contributed by atoms with Crippen molar-refractivity contribution in [3.05, 3.63) is 52.6 Å². The molecule has 0 amide bonds. The summed E-state index contributed by atoms with van der Waals surface area (Å²) in [5.41, 5.74) is 7.40. The van der Waals surface area contributed by atoms with Crippen molar-refractivity contribution in [2.75, 3.05) is 12.4 Å². The lowest BCUT2D eigenvalue weighted by atomic mass is 9.83. The van der Waals surface area contributed by atoms with Gasteiger partial charge < -0.3 is 15.2 Å². The SMILES string of the molecule is CCCCSc1ccccc1C1C(C#N)=C(N)OC(C)=C1C(=O)OCC. The number of rotatable bonds is 7. The first-order valence-electron chi connectivity index (χ1n) is 8.72. The Morgan fingerprint density at radius 2 is 2.12 bits per heavy atom. The van der Waals surface area contributed by atoms with Crippen molar-refractivity contribution in [2.24, 2.45) is 5.73 Å². The Hall–Kier alpha value is -2.39. The molecule has 0 saturated heterocycles. The van der Waals surface area contributed by atoms with Crippen LogP contribution in [0, 0.1) is 11.3 Å². The van der Waals surface area contributed by atoms with Gasteiger partial charge in [-0.3, -0.25) is 0 Å². The number of hydrogen-bond donors (Lipinski definition) is 1. The Labute approximate surface area is 158 Å². The third kappa shape index (κ3) is 4.23. The number of allylic oxidation sites excluding steroid dienone is 2. The Balaban J connectivity index is 2.56. The minimum Gasteiger partial charge on any atom is -0.463 e. The van der Waals surface area contributed by atoms with Crippen LogP contribution in [0.25, 0.3) is 0 Å². The average Bonchev–Trinajstić information content (AvgIpc) is 2.62. The number of thioether (sulfide) groups is 1. The maximum Gasteiger partial charge on any atom is 0.338 e. The molecule has 1 aliphatic heterocycles. The number of nitrogens with zero attached hydrogens (tertiary/aromatic N) is 1. The molecule has 26 heavy (non-hydrogen) atoms. The highest BCUT2D eigenvalue weighted by Crippen LogP contribution is 2.43. The van der Waals surface area contributed by atoms with Crippen LogP contribution in [-0.2, 0) is 14.3 Å². The predicted octanol–water partition coefficient (Wildman–Crippen LogP) is 4.22. The lowest BCUT2D eigenvalue weighted by Crippen LogP contribution is -2.25. The van der Waals surface area contributed by atoms with Crippen LogP contribution < -0.4 is 5.73 Å². The minimum absolute atomic E-state index is 0.0383. The molecule has 0 aliphatic carbocycles. The fourth-order valence-electron chi connectivity index (χ4n) is 2.84. The predicted molar refractivity (Wildman–Crippen MR) is 102 cm³/mol. The van der Waals surface area contributed by atoms with Crippen LogP contribution in [0.1, 0.15) is 45.1 Å². The molecule has 1 atom stereocenters. The zero-order chi connectivity index (χ0) is 19.1. The molecule has 0 saturated carbocycles. The van der Waals surface area contributed by atoms with E-state index in [0.29, 0.717) is 11.3 Å². The Morgan fingerprint density at radius 1 is 1.38 bits per heavy atom. The van der Waals surface area contributed by atoms with Gasteiger partial charge in [-0.25, -0.2) is 4.79 Å². The first-order valence-corrected chi connectivity index (χ1v) is 9.70. The van der Waals surface area contributed by atoms with Gasteiger partial charge >= 0.3 is 5.97 Å². The van der Waals surface area contributed by atoms with Crippen molar-refractivity contribution in [1.29, 1.82) is 5.26 Å². The number of nitriles is 1. The summed E-state index contributed by atoms with van der Waals surface area (Å²) in [5.74, 6) is 0.311. The normalized spacial score (nSPS) is 16.9. The summed E-state index contributed by atoms with van der Waals surface area (Å²) >= 11 is 1.72. The molecule has 6 heteroatoms. The summed E-state index contributed by atoms with van der Waals surface area (Å²) in [4.78, 5) is 13.6. The molecule has 1 heterocycles. The number of carbonyl (C=O) groups is 1. The van der Waals surface area contributed by atoms with E-state index < -0.39 is 11.9 Å². The number of unbranched alkanes of at least 4 members (excludes halogenated alkanes) is 1. The molecule has 0 radical (unpaired) electrons. The third-order valence-corrected chi connectivity index (χ3v) is 5.26. The third-order valence-electron chi connectivity index (χ3n) is 4.09. The van der Waals surface area contributed by atoms with Crippen LogP contribution in [0.2, 0.25) is 0 Å². The van der Waals surface area contributed by atoms with Crippen LogP contribution in [0.15, 0.2) is 51.9 Å². The summed E-state index contributed by atoms with van der Waals surface area (Å²) in [6.07, 6.45) is 2.20. The van der Waals surface area contributed by atoms with Crippen molar-refractivity contribution in [3.8, 4) is 6.07 Å². The fourth-order valence-corrected chi connectivity index (χ4v) is 4.02. The first kappa shape index (κ1) is 19.9. The second-order valence-electron chi connectivity index (χ2n) is 5.85. The Morgan fingerprint density at radius 3 is 2.77 bits per heavy atom. The van der Waals surface area contributed by atoms with Gasteiger partial charge in [0.15, 0.2) is 0 Å². The molecule has 2 N–H and O–H groups in total. The molecule has 0 bridgehead atoms. The van der Waals surface area contributed by atoms with Crippen molar-refractivity contribution < 1.29 is 14.3 Å². The van der Waals surface area contributed by atoms with Gasteiger partial charge in [-0.05, 0) is 37.7 Å². The molecule has 1 aliphatic rings. The molecule has 0 fully saturated rings. The highest BCUT2D eigenvalue weighted by atomic mass is 32.2. The van der Waals surface area contributed by atoms with Crippen LogP contribution in [0.3, 0.4) is 0 Å². The molecule has 1 aromatic rings. The summed E-state index contributed by atoms with van der Waals surface area (Å²) in [6.45, 7) is 5.81. The molecule has 1 aromatic carbocycles. The number of nitrogens with two attached hydrogens (primary N) is 1. The van der Waals surface area contributed by atoms with Crippen molar-refractivity contribution in [1.82, 2.24) is 0 Å². The second-order valence-corrected chi connectivity index (χ2v) is 6.99. The topological polar surface area (TPSA) is 85.3 Å². The van der Waals surface area contributed by atoms with Gasteiger partial charge in [0.05, 0.1) is 18.1 Å². The fraction of sp³-hybridized carbons (Fsp3) is 0.400. The number of esters is 1. The van der Waals surface area contributed by atoms with E-state index in [1.54, 1.807) is 25.6 Å². The highest BCUT2D eigenvalue weighted by molar-refractivity contribution is 7.99. The zero-order valence-electron chi connectivity index (χ0n) is 15.4. The Kier molecular flexibility index (Phi) is 7.16. The standard InChI is InChI=1S/C20H24N2O3S/c1-4-6-11-26-16-10-8-7-9-14(16)18-15(12-21)19(22)25-13(3)17(18)20(23)24-5-2/h7-10,18H,4-6,11,22H2,1-3H3. The van der Waals surface area contributed by atoms with Crippen molar-refractivity contribution >= 4 is 17.7 Å². The van der Waals surface area contributed by atoms with E-state index in [-0.39, 0.29) is 18.1 Å². The molecule has 1 unspecified atom stereocenters. The van der Waals surface area contributed by atoms with E-state index in [0.717, 1.165) is 29.1 Å². The lowest BCUT2D eigenvalue weighted by molar-refractivity contribution is -0.139. The van der Waals surface area contributed by atoms with Gasteiger partial charge in [-0.2, -0.15) is 5.26 Å². The first-order chi connectivity index (χ1) is 12.5. The molecule has 2 rings (SSSR count). The molecular weight excluding hydrogens is 348 g/mol. The maximum absolute atomic E-state index is 12.6. The summed E-state index contributed by atoms with van der Waals surface area (Å²) in [5, 5.41) is 9.66. The van der Waals surface area contributed by atoms with Gasteiger partial charge in [0.2, 0.25) is 5.88 Å². The summed E-state index contributed by atoms with van der Waals surface area (Å²) < 4.78 is 10.7. The van der Waals surface area contributed by atoms with Crippen LogP contribution >= 0.6 is 11.8 Å². The van der Waals surface area contributed by atoms with Crippen LogP contribution in [0.4, 0.5) is 0 Å². The van der Waals surface area contributed by atoms with E-state index in [2.05, 4.69) is 13.0 Å². The van der Waals surface area contributed by atoms with E-state index in [4.69, 9.17) is 15.2 Å². The number of ether oxygens (including phenoxy) is 2. The number of benzene rings is 1. The maximum atomic E-state index is 12.6. The van der Waals surface area contributed by atoms with Crippen LogP contribution in [-0.4, -0.2) is 18.3 Å². The monoisotopic (exact) mass is 372 g/mol. The average molecular weight is 372 g/mol. The molecular formula is C20H24N2O3S. The van der Waals surface area contributed by atoms with E-state index in [1.165, 1.54) is 0 Å². The minimum atomic E-state index is -0.585. The smallest absolute Gasteiger partial charge is 0.338 e. The molecule has 0 aromatic heterocycles. The molecule has 5 nitrogen and oxygen atoms in total. The summed E-state index contributed by atoms with van der Waals surface area (Å²) in [7, 11) is 0. The van der Waals surface area contributed by atoms with E-state index >= 15 is 0 Å². The second kappa shape index (κ2) is 9.35. The van der Waals surface area contributed by atoms with Crippen LogP contribution in [0.5, 0.6) is 0 Å². The molecule has 138 valence electrons. The zero-order valence-corrected chi connectivity index (χ0v) is 16.2. The van der Waals surface area contributed by atoms with Gasteiger partial charge in [-0.15, -0.1) is 11.8 Å². The van der Waals surface area contributed by atoms with Crippen molar-refractivity contribution in [2.45, 2.75) is 44.4 Å². The van der Waals surface area contributed by atoms with E-state index in [9.17, 15) is 10.1 Å². The number of hydrogen-bond acceptors (Lipinski definition) is 6. The van der Waals surface area contributed by atoms with Crippen molar-refractivity contribution in [3.63, 3.8) is 0 Å². The lowest BCUT2D eigenvalue weighted by Gasteiger charge is -2.28. The van der Waals surface area contributed by atoms with Gasteiger partial charge in [-0.1, -0.05) is 31.5 Å². The largest absolute Gasteiger partial charge is 0.463 e.